The topological polar surface area (TPSA) is 122 Å². The van der Waals surface area contributed by atoms with E-state index < -0.39 is 0 Å². The van der Waals surface area contributed by atoms with Crippen molar-refractivity contribution in [2.24, 2.45) is 0 Å². The Hall–Kier alpha value is -4.09. The summed E-state index contributed by atoms with van der Waals surface area (Å²) >= 11 is 13.5. The van der Waals surface area contributed by atoms with E-state index in [1.165, 1.54) is 27.2 Å². The normalized spacial score (nSPS) is 17.7. The number of benzene rings is 1. The molecule has 1 fully saturated rings. The largest absolute Gasteiger partial charge is 0.495 e. The molecule has 0 aliphatic carbocycles. The molecule has 5 rings (SSSR count). The Morgan fingerprint density at radius 3 is 2.54 bits per heavy atom. The zero-order valence-electron chi connectivity index (χ0n) is 22.8. The molecule has 4 heterocycles. The van der Waals surface area contributed by atoms with E-state index in [2.05, 4.69) is 27.2 Å². The molecule has 2 amide bonds. The van der Waals surface area contributed by atoms with E-state index in [1.54, 1.807) is 23.4 Å². The number of anilines is 3. The van der Waals surface area contributed by atoms with Gasteiger partial charge in [0.25, 0.3) is 0 Å². The predicted molar refractivity (Wildman–Crippen MR) is 157 cm³/mol. The van der Waals surface area contributed by atoms with Gasteiger partial charge in [-0.2, -0.15) is 0 Å². The summed E-state index contributed by atoms with van der Waals surface area (Å²) in [6.45, 7) is 6.33. The fraction of sp³-hybridized carbons (Fsp3) is 0.321. The summed E-state index contributed by atoms with van der Waals surface area (Å²) in [7, 11) is 3.04. The summed E-state index contributed by atoms with van der Waals surface area (Å²) in [5.74, 6) is 1.46. The number of ether oxygens (including phenoxy) is 2. The molecule has 2 aliphatic rings. The molecular formula is C28H29Cl2N7O4. The maximum atomic E-state index is 12.1. The molecule has 2 aromatic heterocycles. The SMILES string of the molecule is C=CC(=O)N[C@H]1CCN(C(C)=O)C[C@H]1Nc1ncc2c(n1)-c1cccnc1N(c1c(Cl)c(OC)cc(OC)c1Cl)C2. The first-order chi connectivity index (χ1) is 19.7. The van der Waals surface area contributed by atoms with Crippen LogP contribution in [0.3, 0.4) is 0 Å². The molecule has 2 N–H and O–H groups in total. The fourth-order valence-electron chi connectivity index (χ4n) is 5.13. The van der Waals surface area contributed by atoms with Crippen LogP contribution >= 0.6 is 23.2 Å². The van der Waals surface area contributed by atoms with Crippen molar-refractivity contribution in [1.29, 1.82) is 0 Å². The third kappa shape index (κ3) is 5.47. The maximum absolute atomic E-state index is 12.1. The van der Waals surface area contributed by atoms with Gasteiger partial charge < -0.3 is 29.9 Å². The fourth-order valence-corrected chi connectivity index (χ4v) is 5.83. The third-order valence-corrected chi connectivity index (χ3v) is 7.93. The minimum atomic E-state index is -0.315. The molecule has 0 saturated carbocycles. The van der Waals surface area contributed by atoms with E-state index in [0.29, 0.717) is 70.7 Å². The Kier molecular flexibility index (Phi) is 8.18. The summed E-state index contributed by atoms with van der Waals surface area (Å²) in [6.07, 6.45) is 5.22. The molecule has 13 heteroatoms. The molecule has 41 heavy (non-hydrogen) atoms. The van der Waals surface area contributed by atoms with Gasteiger partial charge in [-0.1, -0.05) is 29.8 Å². The number of likely N-dealkylation sites (tertiary alicyclic amines) is 1. The zero-order valence-corrected chi connectivity index (χ0v) is 24.3. The van der Waals surface area contributed by atoms with E-state index in [4.69, 9.17) is 37.7 Å². The molecule has 1 aromatic carbocycles. The molecule has 0 unspecified atom stereocenters. The molecular weight excluding hydrogens is 569 g/mol. The van der Waals surface area contributed by atoms with Gasteiger partial charge in [-0.05, 0) is 24.6 Å². The molecule has 214 valence electrons. The van der Waals surface area contributed by atoms with Crippen LogP contribution in [0.1, 0.15) is 18.9 Å². The molecule has 0 radical (unpaired) electrons. The molecule has 0 spiro atoms. The van der Waals surface area contributed by atoms with Gasteiger partial charge in [0, 0.05) is 49.6 Å². The summed E-state index contributed by atoms with van der Waals surface area (Å²) in [5.41, 5.74) is 2.74. The quantitative estimate of drug-likeness (QED) is 0.385. The number of amides is 2. The Bertz CT molecular complexity index is 1490. The van der Waals surface area contributed by atoms with Crippen molar-refractivity contribution >= 4 is 52.5 Å². The van der Waals surface area contributed by atoms with Crippen LogP contribution in [0.5, 0.6) is 11.5 Å². The number of nitrogens with zero attached hydrogens (tertiary/aromatic N) is 5. The highest BCUT2D eigenvalue weighted by Crippen LogP contribution is 2.51. The Balaban J connectivity index is 1.51. The molecule has 2 aliphatic heterocycles. The number of rotatable bonds is 7. The van der Waals surface area contributed by atoms with Crippen molar-refractivity contribution in [2.45, 2.75) is 32.0 Å². The van der Waals surface area contributed by atoms with E-state index >= 15 is 0 Å². The second kappa shape index (κ2) is 11.8. The lowest BCUT2D eigenvalue weighted by Crippen LogP contribution is -2.57. The number of methoxy groups -OCH3 is 2. The minimum absolute atomic E-state index is 0.0387. The highest BCUT2D eigenvalue weighted by Gasteiger charge is 2.34. The van der Waals surface area contributed by atoms with Gasteiger partial charge in [-0.15, -0.1) is 0 Å². The third-order valence-electron chi connectivity index (χ3n) is 7.20. The van der Waals surface area contributed by atoms with Crippen LogP contribution in [-0.2, 0) is 16.1 Å². The van der Waals surface area contributed by atoms with Gasteiger partial charge in [-0.3, -0.25) is 9.59 Å². The molecule has 11 nitrogen and oxygen atoms in total. The van der Waals surface area contributed by atoms with E-state index in [9.17, 15) is 9.59 Å². The summed E-state index contributed by atoms with van der Waals surface area (Å²) in [6, 6.07) is 4.81. The number of fused-ring (bicyclic) bond motifs is 3. The maximum Gasteiger partial charge on any atom is 0.243 e. The van der Waals surface area contributed by atoms with Crippen LogP contribution in [-0.4, -0.2) is 71.1 Å². The Labute approximate surface area is 247 Å². The monoisotopic (exact) mass is 597 g/mol. The summed E-state index contributed by atoms with van der Waals surface area (Å²) in [4.78, 5) is 41.9. The Morgan fingerprint density at radius 2 is 1.88 bits per heavy atom. The average Bonchev–Trinajstić information content (AvgIpc) is 2.98. The highest BCUT2D eigenvalue weighted by atomic mass is 35.5. The van der Waals surface area contributed by atoms with Gasteiger partial charge in [0.2, 0.25) is 17.8 Å². The molecule has 3 aromatic rings. The molecule has 1 saturated heterocycles. The number of hydrogen-bond donors (Lipinski definition) is 2. The van der Waals surface area contributed by atoms with Crippen LogP contribution in [0.4, 0.5) is 17.5 Å². The van der Waals surface area contributed by atoms with Gasteiger partial charge in [0.15, 0.2) is 0 Å². The van der Waals surface area contributed by atoms with Gasteiger partial charge in [0.05, 0.1) is 44.2 Å². The first-order valence-electron chi connectivity index (χ1n) is 12.9. The Morgan fingerprint density at radius 1 is 1.15 bits per heavy atom. The highest BCUT2D eigenvalue weighted by molar-refractivity contribution is 6.41. The lowest BCUT2D eigenvalue weighted by Gasteiger charge is -2.39. The number of carbonyl (C=O) groups is 2. The standard InChI is InChI=1S/C28H29Cl2N7O4/c1-5-22(39)33-18-8-10-36(15(2)38)14-19(18)34-28-32-12-16-13-37(27-17(25(16)35-28)7-6-9-31-27)26-23(29)20(40-3)11-21(41-4)24(26)30/h5-7,9,11-12,18-19H,1,8,10,13-14H2,2-4H3,(H,33,39)(H,32,34,35)/t18-,19+/m0/s1. The van der Waals surface area contributed by atoms with Crippen LogP contribution in [0, 0.1) is 0 Å². The number of aromatic nitrogens is 3. The van der Waals surface area contributed by atoms with E-state index in [-0.39, 0.29) is 23.9 Å². The lowest BCUT2D eigenvalue weighted by atomic mass is 9.98. The number of halogens is 2. The van der Waals surface area contributed by atoms with Crippen molar-refractivity contribution in [1.82, 2.24) is 25.2 Å². The van der Waals surface area contributed by atoms with Gasteiger partial charge >= 0.3 is 0 Å². The van der Waals surface area contributed by atoms with E-state index in [0.717, 1.165) is 11.1 Å². The van der Waals surface area contributed by atoms with Crippen molar-refractivity contribution in [3.05, 3.63) is 58.9 Å². The van der Waals surface area contributed by atoms with Crippen LogP contribution < -0.4 is 25.0 Å². The van der Waals surface area contributed by atoms with Gasteiger partial charge in [0.1, 0.15) is 27.4 Å². The first kappa shape index (κ1) is 28.4. The summed E-state index contributed by atoms with van der Waals surface area (Å²) < 4.78 is 10.9. The predicted octanol–water partition coefficient (Wildman–Crippen LogP) is 4.22. The van der Waals surface area contributed by atoms with Crippen molar-refractivity contribution < 1.29 is 19.1 Å². The lowest BCUT2D eigenvalue weighted by molar-refractivity contribution is -0.130. The number of piperidine rings is 1. The van der Waals surface area contributed by atoms with Crippen LogP contribution in [0.2, 0.25) is 10.0 Å². The number of pyridine rings is 1. The number of carbonyl (C=O) groups excluding carboxylic acids is 2. The number of hydrogen-bond acceptors (Lipinski definition) is 9. The zero-order chi connectivity index (χ0) is 29.3. The summed E-state index contributed by atoms with van der Waals surface area (Å²) in [5, 5.41) is 6.93. The smallest absolute Gasteiger partial charge is 0.243 e. The number of nitrogens with one attached hydrogen (secondary N) is 2. The average molecular weight is 598 g/mol. The second-order valence-electron chi connectivity index (χ2n) is 9.61. The van der Waals surface area contributed by atoms with Crippen molar-refractivity contribution in [3.8, 4) is 22.8 Å². The minimum Gasteiger partial charge on any atom is -0.495 e. The molecule has 0 bridgehead atoms. The van der Waals surface area contributed by atoms with Crippen molar-refractivity contribution in [3.63, 3.8) is 0 Å². The van der Waals surface area contributed by atoms with Crippen LogP contribution in [0.15, 0.2) is 43.2 Å². The van der Waals surface area contributed by atoms with Gasteiger partial charge in [-0.25, -0.2) is 15.0 Å². The second-order valence-corrected chi connectivity index (χ2v) is 10.4. The van der Waals surface area contributed by atoms with Crippen LogP contribution in [0.25, 0.3) is 11.3 Å². The van der Waals surface area contributed by atoms with Crippen molar-refractivity contribution in [2.75, 3.05) is 37.5 Å². The first-order valence-corrected chi connectivity index (χ1v) is 13.6. The van der Waals surface area contributed by atoms with E-state index in [1.807, 2.05) is 17.0 Å². The molecule has 2 atom stereocenters.